The molecular weight excluding hydrogens is 774 g/mol. The topological polar surface area (TPSA) is 116 Å². The standard InChI is InChI=1S/C21H25F3O5S2.C20H26O3S/c1-5-28-19(25)8-9-30-18-12-15-7-6-14(13-20(2,3)4)10-16(15)11-17(18)29-31(26,27)21(22,23)24;1-5-23-19(22)8-9-24-18-12-15-7-6-14(13-20(2,3)4)10-16(15)11-17(18)21/h6-7,10-12H,5,8-9,13H2,1-4H3;6-7,10-12,21H,5,8-9,13H2,1-4H3. The molecule has 8 nitrogen and oxygen atoms in total. The fourth-order valence-corrected chi connectivity index (χ4v) is 7.85. The van der Waals surface area contributed by atoms with E-state index in [0.717, 1.165) is 45.8 Å². The summed E-state index contributed by atoms with van der Waals surface area (Å²) in [7, 11) is -5.84. The van der Waals surface area contributed by atoms with Gasteiger partial charge in [-0.2, -0.15) is 21.6 Å². The van der Waals surface area contributed by atoms with Crippen LogP contribution in [0.1, 0.15) is 79.4 Å². The molecule has 0 saturated carbocycles. The lowest BCUT2D eigenvalue weighted by atomic mass is 9.87. The number of thioether (sulfide) groups is 2. The Hall–Kier alpha value is -3.62. The Kier molecular flexibility index (Phi) is 16.2. The van der Waals surface area contributed by atoms with Crippen LogP contribution in [0.5, 0.6) is 11.5 Å². The van der Waals surface area contributed by atoms with Gasteiger partial charge in [0.15, 0.2) is 5.75 Å². The molecule has 55 heavy (non-hydrogen) atoms. The van der Waals surface area contributed by atoms with Crippen LogP contribution >= 0.6 is 23.5 Å². The average Bonchev–Trinajstić information content (AvgIpc) is 3.04. The first kappa shape index (κ1) is 45.8. The smallest absolute Gasteiger partial charge is 0.507 e. The number of aromatic hydroxyl groups is 1. The third-order valence-electron chi connectivity index (χ3n) is 7.64. The molecule has 0 unspecified atom stereocenters. The number of benzene rings is 4. The molecule has 0 aromatic heterocycles. The molecule has 0 spiro atoms. The number of phenolic OH excluding ortho intramolecular Hbond substituents is 1. The summed E-state index contributed by atoms with van der Waals surface area (Å²) in [4.78, 5) is 23.9. The lowest BCUT2D eigenvalue weighted by molar-refractivity contribution is -0.143. The zero-order valence-electron chi connectivity index (χ0n) is 32.6. The van der Waals surface area contributed by atoms with Crippen LogP contribution in [-0.2, 0) is 42.0 Å². The summed E-state index contributed by atoms with van der Waals surface area (Å²) in [5.41, 5.74) is -3.08. The van der Waals surface area contributed by atoms with Crippen molar-refractivity contribution in [1.82, 2.24) is 0 Å². The Bertz CT molecular complexity index is 2050. The molecule has 14 heteroatoms. The van der Waals surface area contributed by atoms with E-state index in [0.29, 0.717) is 29.6 Å². The molecule has 0 radical (unpaired) electrons. The molecule has 1 N–H and O–H groups in total. The lowest BCUT2D eigenvalue weighted by Crippen LogP contribution is -2.28. The predicted octanol–water partition coefficient (Wildman–Crippen LogP) is 10.9. The zero-order chi connectivity index (χ0) is 41.2. The van der Waals surface area contributed by atoms with E-state index in [1.165, 1.54) is 23.4 Å². The van der Waals surface area contributed by atoms with Crippen LogP contribution < -0.4 is 4.18 Å². The molecule has 0 aliphatic carbocycles. The first-order chi connectivity index (χ1) is 25.5. The lowest BCUT2D eigenvalue weighted by Gasteiger charge is -2.19. The quantitative estimate of drug-likeness (QED) is 0.0570. The zero-order valence-corrected chi connectivity index (χ0v) is 35.0. The van der Waals surface area contributed by atoms with E-state index in [4.69, 9.17) is 9.47 Å². The summed E-state index contributed by atoms with van der Waals surface area (Å²) in [5.74, 6) is -0.0181. The van der Waals surface area contributed by atoms with Crippen molar-refractivity contribution in [1.29, 1.82) is 0 Å². The SMILES string of the molecule is CCOC(=O)CCSc1cc2ccc(CC(C)(C)C)cc2cc1O.CCOC(=O)CCSc1cc2ccc(CC(C)(C)C)cc2cc1OS(=O)(=O)C(F)(F)F. The number of ether oxygens (including phenoxy) is 2. The van der Waals surface area contributed by atoms with Crippen molar-refractivity contribution in [2.45, 2.75) is 96.4 Å². The molecule has 4 aromatic rings. The van der Waals surface area contributed by atoms with E-state index in [2.05, 4.69) is 63.9 Å². The molecule has 0 saturated heterocycles. The highest BCUT2D eigenvalue weighted by molar-refractivity contribution is 7.99. The number of esters is 2. The van der Waals surface area contributed by atoms with Crippen molar-refractivity contribution in [3.05, 3.63) is 71.8 Å². The van der Waals surface area contributed by atoms with E-state index in [-0.39, 0.29) is 46.2 Å². The van der Waals surface area contributed by atoms with Gasteiger partial charge >= 0.3 is 27.6 Å². The van der Waals surface area contributed by atoms with Gasteiger partial charge in [-0.1, -0.05) is 77.9 Å². The highest BCUT2D eigenvalue weighted by Crippen LogP contribution is 2.38. The van der Waals surface area contributed by atoms with Gasteiger partial charge in [-0.25, -0.2) is 0 Å². The van der Waals surface area contributed by atoms with Crippen LogP contribution in [0.3, 0.4) is 0 Å². The van der Waals surface area contributed by atoms with Gasteiger partial charge < -0.3 is 18.8 Å². The first-order valence-electron chi connectivity index (χ1n) is 17.9. The second kappa shape index (κ2) is 19.5. The average molecular weight is 825 g/mol. The Labute approximate surface area is 331 Å². The third kappa shape index (κ3) is 15.1. The summed E-state index contributed by atoms with van der Waals surface area (Å²) >= 11 is 2.50. The van der Waals surface area contributed by atoms with Crippen molar-refractivity contribution < 1.29 is 49.9 Å². The second-order valence-electron chi connectivity index (χ2n) is 15.2. The van der Waals surface area contributed by atoms with Gasteiger partial charge in [-0.05, 0) is 94.5 Å². The second-order valence-corrected chi connectivity index (χ2v) is 19.1. The van der Waals surface area contributed by atoms with Crippen molar-refractivity contribution in [3.63, 3.8) is 0 Å². The van der Waals surface area contributed by atoms with Gasteiger partial charge in [0.2, 0.25) is 0 Å². The third-order valence-corrected chi connectivity index (χ3v) is 10.7. The number of phenols is 1. The van der Waals surface area contributed by atoms with Gasteiger partial charge in [0.25, 0.3) is 0 Å². The predicted molar refractivity (Wildman–Crippen MR) is 215 cm³/mol. The van der Waals surface area contributed by atoms with Gasteiger partial charge in [0.05, 0.1) is 31.0 Å². The molecule has 4 aromatic carbocycles. The minimum Gasteiger partial charge on any atom is -0.507 e. The monoisotopic (exact) mass is 824 g/mol. The summed E-state index contributed by atoms with van der Waals surface area (Å²) in [5, 5.41) is 13.7. The van der Waals surface area contributed by atoms with Crippen LogP contribution in [0.25, 0.3) is 21.5 Å². The highest BCUT2D eigenvalue weighted by atomic mass is 32.2. The van der Waals surface area contributed by atoms with Crippen molar-refractivity contribution in [2.24, 2.45) is 10.8 Å². The van der Waals surface area contributed by atoms with Crippen molar-refractivity contribution >= 4 is 67.1 Å². The van der Waals surface area contributed by atoms with E-state index < -0.39 is 27.3 Å². The number of carbonyl (C=O) groups is 2. The number of carbonyl (C=O) groups excluding carboxylic acids is 2. The molecule has 0 amide bonds. The summed E-state index contributed by atoms with van der Waals surface area (Å²) in [6.07, 6.45) is 2.10. The maximum atomic E-state index is 12.9. The molecule has 0 heterocycles. The van der Waals surface area contributed by atoms with Crippen LogP contribution in [0.2, 0.25) is 0 Å². The Morgan fingerprint density at radius 2 is 1.09 bits per heavy atom. The van der Waals surface area contributed by atoms with E-state index in [1.54, 1.807) is 26.0 Å². The van der Waals surface area contributed by atoms with E-state index >= 15 is 0 Å². The largest absolute Gasteiger partial charge is 0.534 e. The van der Waals surface area contributed by atoms with Crippen LogP contribution in [0, 0.1) is 10.8 Å². The summed E-state index contributed by atoms with van der Waals surface area (Å²) < 4.78 is 76.0. The minimum atomic E-state index is -5.84. The van der Waals surface area contributed by atoms with Gasteiger partial charge in [-0.15, -0.1) is 23.5 Å². The first-order valence-corrected chi connectivity index (χ1v) is 21.3. The van der Waals surface area contributed by atoms with Crippen molar-refractivity contribution in [3.8, 4) is 11.5 Å². The maximum Gasteiger partial charge on any atom is 0.534 e. The van der Waals surface area contributed by atoms with E-state index in [1.807, 2.05) is 24.3 Å². The molecular formula is C41H51F3O8S3. The number of alkyl halides is 3. The normalized spacial score (nSPS) is 12.3. The van der Waals surface area contributed by atoms with Crippen molar-refractivity contribution in [2.75, 3.05) is 24.7 Å². The number of fused-ring (bicyclic) bond motifs is 2. The minimum absolute atomic E-state index is 0.00444. The fraction of sp³-hybridized carbons (Fsp3) is 0.463. The molecule has 0 bridgehead atoms. The van der Waals surface area contributed by atoms with Gasteiger partial charge in [0, 0.05) is 16.4 Å². The van der Waals surface area contributed by atoms with Crippen LogP contribution in [-0.4, -0.2) is 55.7 Å². The fourth-order valence-electron chi connectivity index (χ4n) is 5.48. The molecule has 0 aliphatic rings. The van der Waals surface area contributed by atoms with Crippen LogP contribution in [0.15, 0.2) is 70.5 Å². The number of hydrogen-bond donors (Lipinski definition) is 1. The van der Waals surface area contributed by atoms with Gasteiger partial charge in [-0.3, -0.25) is 9.59 Å². The highest BCUT2D eigenvalue weighted by Gasteiger charge is 2.49. The van der Waals surface area contributed by atoms with Crippen LogP contribution in [0.4, 0.5) is 13.2 Å². The molecule has 302 valence electrons. The number of halogens is 3. The maximum absolute atomic E-state index is 12.9. The molecule has 0 fully saturated rings. The Morgan fingerprint density at radius 1 is 0.655 bits per heavy atom. The Morgan fingerprint density at radius 3 is 1.53 bits per heavy atom. The Balaban J connectivity index is 0.000000305. The summed E-state index contributed by atoms with van der Waals surface area (Å²) in [6, 6.07) is 18.6. The van der Waals surface area contributed by atoms with E-state index in [9.17, 15) is 36.3 Å². The molecule has 4 rings (SSSR count). The number of hydrogen-bond acceptors (Lipinski definition) is 10. The molecule has 0 aliphatic heterocycles. The van der Waals surface area contributed by atoms with Gasteiger partial charge in [0.1, 0.15) is 5.75 Å². The number of rotatable bonds is 14. The summed E-state index contributed by atoms with van der Waals surface area (Å²) in [6.45, 7) is 16.9. The molecule has 0 atom stereocenters.